The first-order valence-corrected chi connectivity index (χ1v) is 9.83. The molecule has 25 heavy (non-hydrogen) atoms. The molecule has 0 spiro atoms. The zero-order valence-electron chi connectivity index (χ0n) is 12.9. The van der Waals surface area contributed by atoms with Gasteiger partial charge in [-0.1, -0.05) is 71.7 Å². The summed E-state index contributed by atoms with van der Waals surface area (Å²) in [5.74, 6) is 0. The van der Waals surface area contributed by atoms with Crippen molar-refractivity contribution in [1.82, 2.24) is 0 Å². The molecule has 0 heterocycles. The van der Waals surface area contributed by atoms with Crippen LogP contribution in [0, 0.1) is 0 Å². The highest BCUT2D eigenvalue weighted by atomic mass is 35.5. The Balaban J connectivity index is 2.08. The Morgan fingerprint density at radius 2 is 0.880 bits per heavy atom. The SMILES string of the molecule is O=S(=O)(c1ccc(Cl)c2ccccc12)c1ccc(Cl)c2ccccc12. The van der Waals surface area contributed by atoms with E-state index in [1.54, 1.807) is 48.5 Å². The van der Waals surface area contributed by atoms with E-state index in [-0.39, 0.29) is 9.79 Å². The summed E-state index contributed by atoms with van der Waals surface area (Å²) in [5, 5.41) is 3.68. The van der Waals surface area contributed by atoms with Crippen LogP contribution in [0.3, 0.4) is 0 Å². The third-order valence-corrected chi connectivity index (χ3v) is 6.77. The Labute approximate surface area is 155 Å². The Kier molecular flexibility index (Phi) is 3.95. The van der Waals surface area contributed by atoms with Crippen molar-refractivity contribution in [2.45, 2.75) is 9.79 Å². The Morgan fingerprint density at radius 3 is 1.28 bits per heavy atom. The van der Waals surface area contributed by atoms with Gasteiger partial charge in [-0.2, -0.15) is 0 Å². The molecule has 0 saturated heterocycles. The first kappa shape index (κ1) is 16.4. The largest absolute Gasteiger partial charge is 0.218 e. The maximum Gasteiger partial charge on any atom is 0.207 e. The lowest BCUT2D eigenvalue weighted by Crippen LogP contribution is -2.04. The highest BCUT2D eigenvalue weighted by Gasteiger charge is 2.23. The topological polar surface area (TPSA) is 34.1 Å². The maximum absolute atomic E-state index is 13.4. The summed E-state index contributed by atoms with van der Waals surface area (Å²) < 4.78 is 26.8. The zero-order valence-corrected chi connectivity index (χ0v) is 15.2. The Hall–Kier alpha value is -2.07. The lowest BCUT2D eigenvalue weighted by atomic mass is 10.1. The van der Waals surface area contributed by atoms with Crippen molar-refractivity contribution in [2.75, 3.05) is 0 Å². The van der Waals surface area contributed by atoms with Crippen molar-refractivity contribution in [3.8, 4) is 0 Å². The fourth-order valence-corrected chi connectivity index (χ4v) is 5.18. The lowest BCUT2D eigenvalue weighted by molar-refractivity contribution is 0.598. The van der Waals surface area contributed by atoms with E-state index < -0.39 is 9.84 Å². The number of hydrogen-bond donors (Lipinski definition) is 0. The van der Waals surface area contributed by atoms with Crippen LogP contribution in [-0.4, -0.2) is 8.42 Å². The van der Waals surface area contributed by atoms with Crippen LogP contribution in [-0.2, 0) is 9.84 Å². The lowest BCUT2D eigenvalue weighted by Gasteiger charge is -2.12. The predicted octanol–water partition coefficient (Wildman–Crippen LogP) is 6.13. The van der Waals surface area contributed by atoms with Crippen LogP contribution in [0.1, 0.15) is 0 Å². The predicted molar refractivity (Wildman–Crippen MR) is 103 cm³/mol. The summed E-state index contributed by atoms with van der Waals surface area (Å²) >= 11 is 12.5. The summed E-state index contributed by atoms with van der Waals surface area (Å²) in [6, 6.07) is 20.8. The molecular formula is C20H12Cl2O2S. The van der Waals surface area contributed by atoms with Crippen LogP contribution in [0.25, 0.3) is 21.5 Å². The second-order valence-electron chi connectivity index (χ2n) is 5.69. The zero-order chi connectivity index (χ0) is 17.6. The third kappa shape index (κ3) is 2.60. The van der Waals surface area contributed by atoms with Crippen LogP contribution < -0.4 is 0 Å². The van der Waals surface area contributed by atoms with E-state index in [1.165, 1.54) is 0 Å². The second kappa shape index (κ2) is 6.03. The fraction of sp³-hybridized carbons (Fsp3) is 0. The molecule has 0 bridgehead atoms. The summed E-state index contributed by atoms with van der Waals surface area (Å²) in [6.45, 7) is 0. The van der Waals surface area contributed by atoms with Crippen molar-refractivity contribution in [1.29, 1.82) is 0 Å². The van der Waals surface area contributed by atoms with Crippen molar-refractivity contribution >= 4 is 54.6 Å². The van der Waals surface area contributed by atoms with E-state index in [1.807, 2.05) is 24.3 Å². The van der Waals surface area contributed by atoms with Gasteiger partial charge in [0.1, 0.15) is 0 Å². The van der Waals surface area contributed by atoms with E-state index in [0.717, 1.165) is 0 Å². The Bertz CT molecular complexity index is 1140. The normalized spacial score (nSPS) is 11.9. The van der Waals surface area contributed by atoms with Gasteiger partial charge in [0, 0.05) is 31.6 Å². The quantitative estimate of drug-likeness (QED) is 0.415. The molecule has 0 aromatic heterocycles. The minimum atomic E-state index is -3.74. The van der Waals surface area contributed by atoms with Crippen molar-refractivity contribution in [3.63, 3.8) is 0 Å². The van der Waals surface area contributed by atoms with Gasteiger partial charge >= 0.3 is 0 Å². The monoisotopic (exact) mass is 386 g/mol. The van der Waals surface area contributed by atoms with Crippen LogP contribution in [0.5, 0.6) is 0 Å². The van der Waals surface area contributed by atoms with Gasteiger partial charge in [-0.15, -0.1) is 0 Å². The van der Waals surface area contributed by atoms with Gasteiger partial charge in [0.2, 0.25) is 9.84 Å². The molecule has 0 unspecified atom stereocenters. The molecule has 0 amide bonds. The minimum absolute atomic E-state index is 0.236. The van der Waals surface area contributed by atoms with Gasteiger partial charge in [-0.25, -0.2) is 8.42 Å². The first-order chi connectivity index (χ1) is 12.0. The van der Waals surface area contributed by atoms with Crippen LogP contribution >= 0.6 is 23.2 Å². The molecule has 4 aromatic rings. The molecule has 4 aromatic carbocycles. The average molecular weight is 387 g/mol. The molecule has 0 aliphatic heterocycles. The number of fused-ring (bicyclic) bond motifs is 2. The van der Waals surface area contributed by atoms with Gasteiger partial charge in [-0.05, 0) is 24.3 Å². The molecule has 4 rings (SSSR count). The highest BCUT2D eigenvalue weighted by Crippen LogP contribution is 2.36. The van der Waals surface area contributed by atoms with E-state index in [0.29, 0.717) is 31.6 Å². The molecule has 0 radical (unpaired) electrons. The number of halogens is 2. The smallest absolute Gasteiger partial charge is 0.207 e. The molecule has 0 saturated carbocycles. The molecule has 2 nitrogen and oxygen atoms in total. The van der Waals surface area contributed by atoms with Crippen LogP contribution in [0.4, 0.5) is 0 Å². The number of hydrogen-bond acceptors (Lipinski definition) is 2. The minimum Gasteiger partial charge on any atom is -0.218 e. The van der Waals surface area contributed by atoms with E-state index in [4.69, 9.17) is 23.2 Å². The average Bonchev–Trinajstić information content (AvgIpc) is 2.62. The molecule has 0 N–H and O–H groups in total. The molecular weight excluding hydrogens is 375 g/mol. The van der Waals surface area contributed by atoms with Gasteiger partial charge in [0.15, 0.2) is 0 Å². The number of rotatable bonds is 2. The molecule has 5 heteroatoms. The molecule has 0 aliphatic rings. The standard InChI is InChI=1S/C20H12Cl2O2S/c21-17-9-11-19(15-7-3-1-5-13(15)17)25(23,24)20-12-10-18(22)14-6-2-4-8-16(14)20/h1-12H. The third-order valence-electron chi connectivity index (χ3n) is 4.24. The second-order valence-corrected chi connectivity index (χ2v) is 8.39. The van der Waals surface area contributed by atoms with Crippen molar-refractivity contribution in [2.24, 2.45) is 0 Å². The summed E-state index contributed by atoms with van der Waals surface area (Å²) in [6.07, 6.45) is 0. The molecule has 0 aliphatic carbocycles. The van der Waals surface area contributed by atoms with Crippen molar-refractivity contribution < 1.29 is 8.42 Å². The molecule has 0 fully saturated rings. The maximum atomic E-state index is 13.4. The highest BCUT2D eigenvalue weighted by molar-refractivity contribution is 7.92. The van der Waals surface area contributed by atoms with E-state index in [2.05, 4.69) is 0 Å². The number of sulfone groups is 1. The van der Waals surface area contributed by atoms with Crippen LogP contribution in [0.15, 0.2) is 82.6 Å². The van der Waals surface area contributed by atoms with Gasteiger partial charge in [0.05, 0.1) is 9.79 Å². The van der Waals surface area contributed by atoms with E-state index >= 15 is 0 Å². The summed E-state index contributed by atoms with van der Waals surface area (Å²) in [7, 11) is -3.74. The van der Waals surface area contributed by atoms with Gasteiger partial charge in [0.25, 0.3) is 0 Å². The van der Waals surface area contributed by atoms with Crippen LogP contribution in [0.2, 0.25) is 10.0 Å². The van der Waals surface area contributed by atoms with E-state index in [9.17, 15) is 8.42 Å². The number of benzene rings is 4. The van der Waals surface area contributed by atoms with Crippen molar-refractivity contribution in [3.05, 3.63) is 82.8 Å². The molecule has 0 atom stereocenters. The summed E-state index contributed by atoms with van der Waals surface area (Å²) in [4.78, 5) is 0.472. The Morgan fingerprint density at radius 1 is 0.520 bits per heavy atom. The van der Waals surface area contributed by atoms with Gasteiger partial charge < -0.3 is 0 Å². The first-order valence-electron chi connectivity index (χ1n) is 7.60. The molecule has 124 valence electrons. The van der Waals surface area contributed by atoms with Gasteiger partial charge in [-0.3, -0.25) is 0 Å². The fourth-order valence-electron chi connectivity index (χ4n) is 3.06. The summed E-state index contributed by atoms with van der Waals surface area (Å²) in [5.41, 5.74) is 0.